The van der Waals surface area contributed by atoms with Gasteiger partial charge in [0.1, 0.15) is 0 Å². The highest BCUT2D eigenvalue weighted by atomic mass is 15.2. The van der Waals surface area contributed by atoms with E-state index in [0.29, 0.717) is 18.1 Å². The summed E-state index contributed by atoms with van der Waals surface area (Å²) in [6.45, 7) is 10.3. The molecule has 2 atom stereocenters. The zero-order chi connectivity index (χ0) is 13.5. The molecule has 2 unspecified atom stereocenters. The van der Waals surface area contributed by atoms with Crippen molar-refractivity contribution in [3.05, 3.63) is 35.9 Å². The summed E-state index contributed by atoms with van der Waals surface area (Å²) in [4.78, 5) is 2.58. The van der Waals surface area contributed by atoms with Gasteiger partial charge in [-0.2, -0.15) is 0 Å². The molecule has 0 aliphatic heterocycles. The Balaban J connectivity index is 2.86. The summed E-state index contributed by atoms with van der Waals surface area (Å²) in [5.74, 6) is 0. The standard InChI is InChI=1S/C16H28N2/c1-6-12-18(13(2)3)14(4)16(17-5)15-10-8-7-9-11-15/h7-11,13-14,16-17H,6,12H2,1-5H3. The minimum absolute atomic E-state index is 0.389. The second-order valence-corrected chi connectivity index (χ2v) is 5.25. The minimum Gasteiger partial charge on any atom is -0.312 e. The third-order valence-corrected chi connectivity index (χ3v) is 3.62. The molecule has 1 aromatic rings. The molecule has 0 aliphatic rings. The van der Waals surface area contributed by atoms with Crippen molar-refractivity contribution < 1.29 is 0 Å². The van der Waals surface area contributed by atoms with Crippen LogP contribution < -0.4 is 5.32 Å². The minimum atomic E-state index is 0.389. The average Bonchev–Trinajstić information content (AvgIpc) is 2.37. The second kappa shape index (κ2) is 7.55. The maximum Gasteiger partial charge on any atom is 0.0473 e. The van der Waals surface area contributed by atoms with Gasteiger partial charge in [0.25, 0.3) is 0 Å². The van der Waals surface area contributed by atoms with E-state index >= 15 is 0 Å². The van der Waals surface area contributed by atoms with Crippen LogP contribution in [0.15, 0.2) is 30.3 Å². The van der Waals surface area contributed by atoms with Gasteiger partial charge in [-0.15, -0.1) is 0 Å². The molecule has 1 rings (SSSR count). The molecule has 102 valence electrons. The van der Waals surface area contributed by atoms with Gasteiger partial charge >= 0.3 is 0 Å². The molecule has 1 aromatic carbocycles. The summed E-state index contributed by atoms with van der Waals surface area (Å²) < 4.78 is 0. The lowest BCUT2D eigenvalue weighted by Crippen LogP contribution is -2.45. The molecule has 0 saturated heterocycles. The van der Waals surface area contributed by atoms with E-state index in [9.17, 15) is 0 Å². The van der Waals surface area contributed by atoms with Crippen molar-refractivity contribution in [1.29, 1.82) is 0 Å². The number of rotatable bonds is 7. The maximum absolute atomic E-state index is 3.47. The first-order valence-corrected chi connectivity index (χ1v) is 7.09. The van der Waals surface area contributed by atoms with Gasteiger partial charge in [-0.25, -0.2) is 0 Å². The first-order chi connectivity index (χ1) is 8.61. The SMILES string of the molecule is CCCN(C(C)C)C(C)C(NC)c1ccccc1. The Morgan fingerprint density at radius 2 is 1.72 bits per heavy atom. The Bertz CT molecular complexity index is 321. The molecule has 0 radical (unpaired) electrons. The van der Waals surface area contributed by atoms with E-state index in [-0.39, 0.29) is 0 Å². The Morgan fingerprint density at radius 3 is 2.17 bits per heavy atom. The quantitative estimate of drug-likeness (QED) is 0.795. The number of likely N-dealkylation sites (N-methyl/N-ethyl adjacent to an activating group) is 1. The van der Waals surface area contributed by atoms with Crippen LogP contribution >= 0.6 is 0 Å². The van der Waals surface area contributed by atoms with Gasteiger partial charge in [0.05, 0.1) is 0 Å². The van der Waals surface area contributed by atoms with Crippen LogP contribution in [0.1, 0.15) is 45.7 Å². The largest absolute Gasteiger partial charge is 0.312 e. The molecule has 0 aromatic heterocycles. The molecule has 0 saturated carbocycles. The number of hydrogen-bond acceptors (Lipinski definition) is 2. The van der Waals surface area contributed by atoms with Crippen molar-refractivity contribution >= 4 is 0 Å². The van der Waals surface area contributed by atoms with E-state index in [2.05, 4.69) is 75.3 Å². The smallest absolute Gasteiger partial charge is 0.0473 e. The molecule has 0 bridgehead atoms. The molecule has 0 amide bonds. The monoisotopic (exact) mass is 248 g/mol. The molecular weight excluding hydrogens is 220 g/mol. The van der Waals surface area contributed by atoms with Crippen LogP contribution in [-0.2, 0) is 0 Å². The van der Waals surface area contributed by atoms with E-state index in [1.54, 1.807) is 0 Å². The van der Waals surface area contributed by atoms with Gasteiger partial charge in [-0.05, 0) is 46.3 Å². The van der Waals surface area contributed by atoms with E-state index in [4.69, 9.17) is 0 Å². The van der Waals surface area contributed by atoms with E-state index in [1.807, 2.05) is 0 Å². The summed E-state index contributed by atoms with van der Waals surface area (Å²) in [6.07, 6.45) is 1.20. The normalized spacial score (nSPS) is 15.1. The number of nitrogens with one attached hydrogen (secondary N) is 1. The fraction of sp³-hybridized carbons (Fsp3) is 0.625. The van der Waals surface area contributed by atoms with Crippen molar-refractivity contribution in [3.63, 3.8) is 0 Å². The third-order valence-electron chi connectivity index (χ3n) is 3.62. The molecule has 18 heavy (non-hydrogen) atoms. The van der Waals surface area contributed by atoms with Crippen LogP contribution in [0.3, 0.4) is 0 Å². The van der Waals surface area contributed by atoms with Crippen molar-refractivity contribution in [2.75, 3.05) is 13.6 Å². The maximum atomic E-state index is 3.47. The molecule has 0 spiro atoms. The zero-order valence-corrected chi connectivity index (χ0v) is 12.5. The van der Waals surface area contributed by atoms with Crippen molar-refractivity contribution in [3.8, 4) is 0 Å². The molecular formula is C16H28N2. The van der Waals surface area contributed by atoms with Crippen LogP contribution in [0.25, 0.3) is 0 Å². The van der Waals surface area contributed by atoms with E-state index in [0.717, 1.165) is 6.54 Å². The Hall–Kier alpha value is -0.860. The summed E-state index contributed by atoms with van der Waals surface area (Å²) in [5, 5.41) is 3.47. The average molecular weight is 248 g/mol. The second-order valence-electron chi connectivity index (χ2n) is 5.25. The highest BCUT2D eigenvalue weighted by Gasteiger charge is 2.24. The summed E-state index contributed by atoms with van der Waals surface area (Å²) in [7, 11) is 2.05. The van der Waals surface area contributed by atoms with E-state index < -0.39 is 0 Å². The van der Waals surface area contributed by atoms with Crippen molar-refractivity contribution in [2.24, 2.45) is 0 Å². The van der Waals surface area contributed by atoms with Gasteiger partial charge in [-0.3, -0.25) is 4.90 Å². The Kier molecular flexibility index (Phi) is 6.37. The highest BCUT2D eigenvalue weighted by molar-refractivity contribution is 5.20. The topological polar surface area (TPSA) is 15.3 Å². The van der Waals surface area contributed by atoms with Crippen LogP contribution in [-0.4, -0.2) is 30.6 Å². The predicted octanol–water partition coefficient (Wildman–Crippen LogP) is 3.46. The first-order valence-electron chi connectivity index (χ1n) is 7.09. The summed E-state index contributed by atoms with van der Waals surface area (Å²) >= 11 is 0. The number of hydrogen-bond donors (Lipinski definition) is 1. The third kappa shape index (κ3) is 3.82. The van der Waals surface area contributed by atoms with Crippen LogP contribution in [0.4, 0.5) is 0 Å². The molecule has 0 fully saturated rings. The van der Waals surface area contributed by atoms with E-state index in [1.165, 1.54) is 12.0 Å². The molecule has 0 heterocycles. The molecule has 1 N–H and O–H groups in total. The van der Waals surface area contributed by atoms with Crippen molar-refractivity contribution in [1.82, 2.24) is 10.2 Å². The molecule has 2 heteroatoms. The highest BCUT2D eigenvalue weighted by Crippen LogP contribution is 2.22. The van der Waals surface area contributed by atoms with Gasteiger partial charge in [0, 0.05) is 18.1 Å². The predicted molar refractivity (Wildman–Crippen MR) is 79.8 cm³/mol. The van der Waals surface area contributed by atoms with Crippen molar-refractivity contribution in [2.45, 2.75) is 52.2 Å². The lowest BCUT2D eigenvalue weighted by Gasteiger charge is -2.37. The Labute approximate surface area is 112 Å². The fourth-order valence-corrected chi connectivity index (χ4v) is 2.73. The molecule has 0 aliphatic carbocycles. The fourth-order valence-electron chi connectivity index (χ4n) is 2.73. The Morgan fingerprint density at radius 1 is 1.11 bits per heavy atom. The first kappa shape index (κ1) is 15.2. The van der Waals surface area contributed by atoms with Crippen LogP contribution in [0.2, 0.25) is 0 Å². The number of nitrogens with zero attached hydrogens (tertiary/aromatic N) is 1. The summed E-state index contributed by atoms with van der Waals surface area (Å²) in [6, 6.07) is 12.2. The van der Waals surface area contributed by atoms with Gasteiger partial charge in [0.2, 0.25) is 0 Å². The van der Waals surface area contributed by atoms with Crippen LogP contribution in [0, 0.1) is 0 Å². The lowest BCUT2D eigenvalue weighted by atomic mass is 9.98. The van der Waals surface area contributed by atoms with Gasteiger partial charge < -0.3 is 5.32 Å². The van der Waals surface area contributed by atoms with Crippen LogP contribution in [0.5, 0.6) is 0 Å². The number of benzene rings is 1. The zero-order valence-electron chi connectivity index (χ0n) is 12.5. The lowest BCUT2D eigenvalue weighted by molar-refractivity contribution is 0.134. The molecule has 2 nitrogen and oxygen atoms in total. The van der Waals surface area contributed by atoms with Gasteiger partial charge in [0.15, 0.2) is 0 Å². The summed E-state index contributed by atoms with van der Waals surface area (Å²) in [5.41, 5.74) is 1.37. The van der Waals surface area contributed by atoms with Gasteiger partial charge in [-0.1, -0.05) is 37.3 Å².